The zero-order valence-corrected chi connectivity index (χ0v) is 18.9. The summed E-state index contributed by atoms with van der Waals surface area (Å²) in [4.78, 5) is 2.54. The lowest BCUT2D eigenvalue weighted by Crippen LogP contribution is -2.31. The van der Waals surface area contributed by atoms with E-state index in [1.807, 2.05) is 54.6 Å². The van der Waals surface area contributed by atoms with E-state index in [1.54, 1.807) is 11.8 Å². The minimum absolute atomic E-state index is 0.516. The lowest BCUT2D eigenvalue weighted by atomic mass is 10.1. The van der Waals surface area contributed by atoms with Gasteiger partial charge >= 0.3 is 0 Å². The molecule has 4 aromatic rings. The predicted molar refractivity (Wildman–Crippen MR) is 126 cm³/mol. The molecule has 1 aliphatic rings. The topological polar surface area (TPSA) is 64.5 Å². The Labute approximate surface area is 191 Å². The Hall–Kier alpha value is -2.77. The number of fused-ring (bicyclic) bond motifs is 1. The number of benzene rings is 2. The average Bonchev–Trinajstić information content (AvgIpc) is 3.48. The molecule has 2 aromatic heterocycles. The predicted octanol–water partition coefficient (Wildman–Crippen LogP) is 6.03. The Kier molecular flexibility index (Phi) is 6.75. The van der Waals surface area contributed by atoms with E-state index in [1.165, 1.54) is 32.4 Å². The zero-order valence-electron chi connectivity index (χ0n) is 18.0. The van der Waals surface area contributed by atoms with Gasteiger partial charge < -0.3 is 18.5 Å². The number of hydrogen-bond acceptors (Lipinski definition) is 7. The van der Waals surface area contributed by atoms with Crippen molar-refractivity contribution >= 4 is 22.7 Å². The van der Waals surface area contributed by atoms with Crippen LogP contribution >= 0.6 is 11.8 Å². The SMILES string of the molecule is c1ccc2oc(SCc3nnc(-c4ccc(OCCCN5CCCCC5)cc4)o3)cc2c1. The van der Waals surface area contributed by atoms with Crippen LogP contribution in [0.3, 0.4) is 0 Å². The number of piperidine rings is 1. The van der Waals surface area contributed by atoms with Crippen molar-refractivity contribution in [3.63, 3.8) is 0 Å². The van der Waals surface area contributed by atoms with Gasteiger partial charge in [-0.25, -0.2) is 0 Å². The summed E-state index contributed by atoms with van der Waals surface area (Å²) in [7, 11) is 0. The molecule has 0 amide bonds. The van der Waals surface area contributed by atoms with Gasteiger partial charge in [-0.15, -0.1) is 10.2 Å². The normalized spacial score (nSPS) is 14.8. The molecule has 0 N–H and O–H groups in total. The Balaban J connectivity index is 1.10. The van der Waals surface area contributed by atoms with Crippen molar-refractivity contribution in [3.05, 3.63) is 60.5 Å². The molecule has 5 rings (SSSR count). The van der Waals surface area contributed by atoms with Crippen molar-refractivity contribution in [2.75, 3.05) is 26.2 Å². The van der Waals surface area contributed by atoms with Crippen LogP contribution in [0.1, 0.15) is 31.6 Å². The molecule has 6 nitrogen and oxygen atoms in total. The molecule has 2 aromatic carbocycles. The molecule has 166 valence electrons. The van der Waals surface area contributed by atoms with Crippen LogP contribution in [-0.4, -0.2) is 41.3 Å². The van der Waals surface area contributed by atoms with Crippen LogP contribution < -0.4 is 4.74 Å². The van der Waals surface area contributed by atoms with Gasteiger partial charge in [0.25, 0.3) is 0 Å². The van der Waals surface area contributed by atoms with E-state index in [9.17, 15) is 0 Å². The maximum atomic E-state index is 5.90. The van der Waals surface area contributed by atoms with Gasteiger partial charge in [-0.1, -0.05) is 36.4 Å². The van der Waals surface area contributed by atoms with Gasteiger partial charge in [0.2, 0.25) is 11.8 Å². The summed E-state index contributed by atoms with van der Waals surface area (Å²) in [5.41, 5.74) is 1.77. The highest BCUT2D eigenvalue weighted by molar-refractivity contribution is 7.98. The van der Waals surface area contributed by atoms with Crippen molar-refractivity contribution in [1.29, 1.82) is 0 Å². The number of nitrogens with zero attached hydrogens (tertiary/aromatic N) is 3. The Morgan fingerprint density at radius 3 is 2.62 bits per heavy atom. The van der Waals surface area contributed by atoms with Crippen LogP contribution in [-0.2, 0) is 5.75 Å². The van der Waals surface area contributed by atoms with Crippen molar-refractivity contribution in [2.45, 2.75) is 36.5 Å². The van der Waals surface area contributed by atoms with Crippen LogP contribution in [0.2, 0.25) is 0 Å². The molecule has 0 saturated carbocycles. The van der Waals surface area contributed by atoms with Crippen LogP contribution in [0.4, 0.5) is 0 Å². The van der Waals surface area contributed by atoms with E-state index in [4.69, 9.17) is 13.6 Å². The molecule has 1 fully saturated rings. The number of para-hydroxylation sites is 1. The maximum Gasteiger partial charge on any atom is 0.247 e. The molecule has 0 spiro atoms. The molecular formula is C25H27N3O3S. The van der Waals surface area contributed by atoms with Gasteiger partial charge in [0.05, 0.1) is 12.4 Å². The second-order valence-electron chi connectivity index (χ2n) is 8.02. The molecule has 1 saturated heterocycles. The number of hydrogen-bond donors (Lipinski definition) is 0. The summed E-state index contributed by atoms with van der Waals surface area (Å²) in [5, 5.41) is 10.3. The summed E-state index contributed by atoms with van der Waals surface area (Å²) in [6.45, 7) is 4.32. The number of furan rings is 1. The fraction of sp³-hybridized carbons (Fsp3) is 0.360. The van der Waals surface area contributed by atoms with E-state index < -0.39 is 0 Å². The summed E-state index contributed by atoms with van der Waals surface area (Å²) < 4.78 is 17.6. The highest BCUT2D eigenvalue weighted by atomic mass is 32.2. The summed E-state index contributed by atoms with van der Waals surface area (Å²) in [5.74, 6) is 2.52. The van der Waals surface area contributed by atoms with Gasteiger partial charge in [-0.05, 0) is 68.8 Å². The summed E-state index contributed by atoms with van der Waals surface area (Å²) in [6.07, 6.45) is 5.09. The zero-order chi connectivity index (χ0) is 21.6. The van der Waals surface area contributed by atoms with E-state index in [0.29, 0.717) is 17.5 Å². The van der Waals surface area contributed by atoms with Gasteiger partial charge in [-0.2, -0.15) is 0 Å². The monoisotopic (exact) mass is 449 g/mol. The molecule has 0 atom stereocenters. The first-order valence-corrected chi connectivity index (χ1v) is 12.2. The second kappa shape index (κ2) is 10.2. The average molecular weight is 450 g/mol. The van der Waals surface area contributed by atoms with E-state index in [2.05, 4.69) is 15.1 Å². The highest BCUT2D eigenvalue weighted by Gasteiger charge is 2.12. The molecule has 0 bridgehead atoms. The van der Waals surface area contributed by atoms with Crippen molar-refractivity contribution in [2.24, 2.45) is 0 Å². The van der Waals surface area contributed by atoms with E-state index in [0.717, 1.165) is 46.9 Å². The molecule has 7 heteroatoms. The summed E-state index contributed by atoms with van der Waals surface area (Å²) in [6, 6.07) is 17.9. The first kappa shape index (κ1) is 21.1. The number of thioether (sulfide) groups is 1. The minimum Gasteiger partial charge on any atom is -0.494 e. The number of rotatable bonds is 9. The molecule has 1 aliphatic heterocycles. The molecule has 3 heterocycles. The quantitative estimate of drug-likeness (QED) is 0.228. The van der Waals surface area contributed by atoms with Gasteiger partial charge in [-0.3, -0.25) is 0 Å². The van der Waals surface area contributed by atoms with Crippen LogP contribution in [0.5, 0.6) is 5.75 Å². The standard InChI is InChI=1S/C25H27N3O3S/c1-4-13-28(14-5-1)15-6-16-29-21-11-9-19(10-12-21)25-27-26-23(31-25)18-32-24-17-20-7-2-3-8-22(20)30-24/h2-3,7-12,17H,1,4-6,13-16,18H2. The van der Waals surface area contributed by atoms with Crippen LogP contribution in [0.15, 0.2) is 68.5 Å². The first-order chi connectivity index (χ1) is 15.8. The van der Waals surface area contributed by atoms with Crippen LogP contribution in [0.25, 0.3) is 22.4 Å². The molecule has 0 radical (unpaired) electrons. The largest absolute Gasteiger partial charge is 0.494 e. The molecule has 0 aliphatic carbocycles. The first-order valence-electron chi connectivity index (χ1n) is 11.2. The fourth-order valence-corrected chi connectivity index (χ4v) is 4.69. The lowest BCUT2D eigenvalue weighted by molar-refractivity contribution is 0.205. The number of likely N-dealkylation sites (tertiary alicyclic amines) is 1. The minimum atomic E-state index is 0.516. The Morgan fingerprint density at radius 2 is 1.78 bits per heavy atom. The van der Waals surface area contributed by atoms with Gasteiger partial charge in [0.15, 0.2) is 5.09 Å². The maximum absolute atomic E-state index is 5.90. The smallest absolute Gasteiger partial charge is 0.247 e. The lowest BCUT2D eigenvalue weighted by Gasteiger charge is -2.26. The van der Waals surface area contributed by atoms with Gasteiger partial charge in [0, 0.05) is 17.5 Å². The third-order valence-corrected chi connectivity index (χ3v) is 6.52. The van der Waals surface area contributed by atoms with E-state index in [-0.39, 0.29) is 0 Å². The number of ether oxygens (including phenoxy) is 1. The third kappa shape index (κ3) is 5.34. The van der Waals surface area contributed by atoms with E-state index >= 15 is 0 Å². The van der Waals surface area contributed by atoms with Crippen molar-refractivity contribution in [1.82, 2.24) is 15.1 Å². The molecule has 0 unspecified atom stereocenters. The van der Waals surface area contributed by atoms with Crippen molar-refractivity contribution < 1.29 is 13.6 Å². The fourth-order valence-electron chi connectivity index (χ4n) is 3.95. The Bertz CT molecular complexity index is 1100. The molecule has 32 heavy (non-hydrogen) atoms. The number of aromatic nitrogens is 2. The van der Waals surface area contributed by atoms with Crippen molar-refractivity contribution in [3.8, 4) is 17.2 Å². The molecular weight excluding hydrogens is 422 g/mol. The van der Waals surface area contributed by atoms with Gasteiger partial charge in [0.1, 0.15) is 11.3 Å². The van der Waals surface area contributed by atoms with Crippen LogP contribution in [0, 0.1) is 0 Å². The second-order valence-corrected chi connectivity index (χ2v) is 9.00. The highest BCUT2D eigenvalue weighted by Crippen LogP contribution is 2.30. The Morgan fingerprint density at radius 1 is 0.938 bits per heavy atom. The third-order valence-electron chi connectivity index (χ3n) is 5.65. The summed E-state index contributed by atoms with van der Waals surface area (Å²) >= 11 is 1.55.